The molecule has 1 atom stereocenters. The number of hydrogen-bond donors (Lipinski definition) is 1. The molecule has 0 saturated heterocycles. The molecule has 1 fully saturated rings. The Kier molecular flexibility index (Phi) is 6.22. The van der Waals surface area contributed by atoms with Gasteiger partial charge in [0.25, 0.3) is 5.91 Å². The predicted octanol–water partition coefficient (Wildman–Crippen LogP) is 3.35. The summed E-state index contributed by atoms with van der Waals surface area (Å²) in [6.45, 7) is 0.219. The first-order valence-electron chi connectivity index (χ1n) is 9.82. The minimum atomic E-state index is -0.840. The lowest BCUT2D eigenvalue weighted by Crippen LogP contribution is -2.45. The number of hydrogen-bond acceptors (Lipinski definition) is 6. The van der Waals surface area contributed by atoms with E-state index in [0.29, 0.717) is 11.3 Å². The van der Waals surface area contributed by atoms with Crippen LogP contribution in [0.4, 0.5) is 4.39 Å². The molecule has 3 aromatic rings. The average Bonchev–Trinajstić information content (AvgIpc) is 3.48. The predicted molar refractivity (Wildman–Crippen MR) is 113 cm³/mol. The third-order valence-corrected chi connectivity index (χ3v) is 5.60. The molecule has 0 spiro atoms. The Hall–Kier alpha value is -3.33. The molecule has 1 heterocycles. The number of rotatable bonds is 8. The van der Waals surface area contributed by atoms with Gasteiger partial charge in [-0.2, -0.15) is 0 Å². The minimum absolute atomic E-state index is 0.0436. The van der Waals surface area contributed by atoms with Crippen molar-refractivity contribution >= 4 is 23.3 Å². The molecule has 0 bridgehead atoms. The molecule has 1 saturated carbocycles. The highest BCUT2D eigenvalue weighted by atomic mass is 32.1. The Morgan fingerprint density at radius 3 is 2.48 bits per heavy atom. The fraction of sp³-hybridized carbons (Fsp3) is 0.273. The van der Waals surface area contributed by atoms with E-state index in [1.165, 1.54) is 12.1 Å². The van der Waals surface area contributed by atoms with Gasteiger partial charge in [0.05, 0.1) is 7.11 Å². The first-order chi connectivity index (χ1) is 15.1. The second kappa shape index (κ2) is 9.22. The normalized spacial score (nSPS) is 14.0. The van der Waals surface area contributed by atoms with E-state index in [9.17, 15) is 14.0 Å². The van der Waals surface area contributed by atoms with E-state index in [-0.39, 0.29) is 35.9 Å². The van der Waals surface area contributed by atoms with Crippen molar-refractivity contribution in [1.29, 1.82) is 0 Å². The van der Waals surface area contributed by atoms with E-state index in [1.54, 1.807) is 53.8 Å². The number of nitrogens with zero attached hydrogens (tertiary/aromatic N) is 3. The van der Waals surface area contributed by atoms with Gasteiger partial charge < -0.3 is 15.0 Å². The molecule has 0 unspecified atom stereocenters. The standard InChI is InChI=1S/C22H21FN4O3S/c1-30-18-10-4-15(5-11-18)20(21(28)24-12-14-2-6-16(23)7-3-14)27(17-8-9-17)22(29)19-13-31-26-25-19/h2-7,10-11,13,17,20H,8-9,12H2,1H3,(H,24,28)/t20-/m1/s1. The van der Waals surface area contributed by atoms with Crippen LogP contribution >= 0.6 is 11.5 Å². The van der Waals surface area contributed by atoms with Gasteiger partial charge in [0, 0.05) is 18.0 Å². The lowest BCUT2D eigenvalue weighted by molar-refractivity contribution is -0.126. The summed E-state index contributed by atoms with van der Waals surface area (Å²) >= 11 is 1.09. The van der Waals surface area contributed by atoms with Gasteiger partial charge in [0.15, 0.2) is 5.69 Å². The summed E-state index contributed by atoms with van der Waals surface area (Å²) in [5, 5.41) is 8.37. The van der Waals surface area contributed by atoms with Gasteiger partial charge in [-0.25, -0.2) is 4.39 Å². The summed E-state index contributed by atoms with van der Waals surface area (Å²) in [5.74, 6) is -0.331. The van der Waals surface area contributed by atoms with E-state index >= 15 is 0 Å². The SMILES string of the molecule is COc1ccc([C@H](C(=O)NCc2ccc(F)cc2)N(C(=O)c2csnn2)C2CC2)cc1. The number of halogens is 1. The lowest BCUT2D eigenvalue weighted by atomic mass is 10.0. The Labute approximate surface area is 183 Å². The smallest absolute Gasteiger partial charge is 0.276 e. The molecule has 1 aliphatic carbocycles. The molecule has 160 valence electrons. The van der Waals surface area contributed by atoms with Crippen molar-refractivity contribution in [3.8, 4) is 5.75 Å². The molecule has 7 nitrogen and oxygen atoms in total. The fourth-order valence-corrected chi connectivity index (χ4v) is 3.78. The molecular formula is C22H21FN4O3S. The van der Waals surface area contributed by atoms with Gasteiger partial charge in [0.1, 0.15) is 17.6 Å². The lowest BCUT2D eigenvalue weighted by Gasteiger charge is -2.31. The van der Waals surface area contributed by atoms with Crippen molar-refractivity contribution in [1.82, 2.24) is 19.8 Å². The fourth-order valence-electron chi connectivity index (χ4n) is 3.35. The van der Waals surface area contributed by atoms with Crippen molar-refractivity contribution in [2.24, 2.45) is 0 Å². The number of amides is 2. The molecule has 9 heteroatoms. The van der Waals surface area contributed by atoms with E-state index in [1.807, 2.05) is 0 Å². The van der Waals surface area contributed by atoms with Crippen molar-refractivity contribution in [2.75, 3.05) is 7.11 Å². The van der Waals surface area contributed by atoms with Crippen molar-refractivity contribution < 1.29 is 18.7 Å². The van der Waals surface area contributed by atoms with E-state index in [4.69, 9.17) is 4.74 Å². The zero-order valence-electron chi connectivity index (χ0n) is 16.8. The third-order valence-electron chi connectivity index (χ3n) is 5.09. The summed E-state index contributed by atoms with van der Waals surface area (Å²) in [6, 6.07) is 12.1. The molecule has 1 N–H and O–H groups in total. The van der Waals surface area contributed by atoms with Crippen LogP contribution in [0.5, 0.6) is 5.75 Å². The van der Waals surface area contributed by atoms with Crippen LogP contribution in [-0.4, -0.2) is 39.5 Å². The second-order valence-corrected chi connectivity index (χ2v) is 7.86. The Balaban J connectivity index is 1.63. The van der Waals surface area contributed by atoms with Gasteiger partial charge in [-0.15, -0.1) is 5.10 Å². The van der Waals surface area contributed by atoms with Gasteiger partial charge in [-0.1, -0.05) is 28.8 Å². The number of nitrogens with one attached hydrogen (secondary N) is 1. The second-order valence-electron chi connectivity index (χ2n) is 7.25. The molecule has 2 amide bonds. The monoisotopic (exact) mass is 440 g/mol. The largest absolute Gasteiger partial charge is 0.497 e. The van der Waals surface area contributed by atoms with Crippen LogP contribution in [0.25, 0.3) is 0 Å². The quantitative estimate of drug-likeness (QED) is 0.581. The molecule has 4 rings (SSSR count). The van der Waals surface area contributed by atoms with Crippen molar-refractivity contribution in [2.45, 2.75) is 31.5 Å². The maximum atomic E-state index is 13.3. The van der Waals surface area contributed by atoms with Gasteiger partial charge in [-0.05, 0) is 59.8 Å². The summed E-state index contributed by atoms with van der Waals surface area (Å²) in [6.07, 6.45) is 1.64. The average molecular weight is 441 g/mol. The molecular weight excluding hydrogens is 419 g/mol. The highest BCUT2D eigenvalue weighted by Gasteiger charge is 2.42. The Morgan fingerprint density at radius 2 is 1.90 bits per heavy atom. The van der Waals surface area contributed by atoms with Crippen LogP contribution in [-0.2, 0) is 11.3 Å². The van der Waals surface area contributed by atoms with E-state index in [0.717, 1.165) is 29.9 Å². The molecule has 1 aliphatic rings. The topological polar surface area (TPSA) is 84.4 Å². The molecule has 1 aromatic heterocycles. The summed E-state index contributed by atoms with van der Waals surface area (Å²) in [7, 11) is 1.57. The molecule has 2 aromatic carbocycles. The summed E-state index contributed by atoms with van der Waals surface area (Å²) in [4.78, 5) is 28.2. The minimum Gasteiger partial charge on any atom is -0.497 e. The van der Waals surface area contributed by atoms with Crippen LogP contribution in [0.3, 0.4) is 0 Å². The van der Waals surface area contributed by atoms with Crippen LogP contribution in [0.15, 0.2) is 53.9 Å². The molecule has 0 aliphatic heterocycles. The number of benzene rings is 2. The third kappa shape index (κ3) is 4.88. The first kappa shape index (κ1) is 20.9. The van der Waals surface area contributed by atoms with Gasteiger partial charge in [-0.3, -0.25) is 9.59 Å². The zero-order chi connectivity index (χ0) is 21.8. The van der Waals surface area contributed by atoms with Crippen molar-refractivity contribution in [3.05, 3.63) is 76.5 Å². The number of aromatic nitrogens is 2. The molecule has 31 heavy (non-hydrogen) atoms. The summed E-state index contributed by atoms with van der Waals surface area (Å²) in [5.41, 5.74) is 1.65. The Morgan fingerprint density at radius 1 is 1.19 bits per heavy atom. The molecule has 0 radical (unpaired) electrons. The van der Waals surface area contributed by atoms with E-state index in [2.05, 4.69) is 14.9 Å². The van der Waals surface area contributed by atoms with Crippen molar-refractivity contribution in [3.63, 3.8) is 0 Å². The van der Waals surface area contributed by atoms with Crippen LogP contribution in [0.2, 0.25) is 0 Å². The maximum absolute atomic E-state index is 13.3. The number of methoxy groups -OCH3 is 1. The highest BCUT2D eigenvalue weighted by Crippen LogP contribution is 2.36. The van der Waals surface area contributed by atoms with E-state index < -0.39 is 6.04 Å². The first-order valence-corrected chi connectivity index (χ1v) is 10.7. The maximum Gasteiger partial charge on any atom is 0.276 e. The van der Waals surface area contributed by atoms with Gasteiger partial charge in [0.2, 0.25) is 5.91 Å². The Bertz CT molecular complexity index is 1040. The zero-order valence-corrected chi connectivity index (χ0v) is 17.6. The van der Waals surface area contributed by atoms with Gasteiger partial charge >= 0.3 is 0 Å². The van der Waals surface area contributed by atoms with Crippen LogP contribution in [0.1, 0.15) is 40.5 Å². The number of carbonyl (C=O) groups is 2. The van der Waals surface area contributed by atoms with Crippen LogP contribution in [0, 0.1) is 5.82 Å². The summed E-state index contributed by atoms with van der Waals surface area (Å²) < 4.78 is 22.2. The number of carbonyl (C=O) groups excluding carboxylic acids is 2. The number of ether oxygens (including phenoxy) is 1. The highest BCUT2D eigenvalue weighted by molar-refractivity contribution is 7.03. The van der Waals surface area contributed by atoms with Crippen LogP contribution < -0.4 is 10.1 Å².